The molecule has 0 radical (unpaired) electrons. The van der Waals surface area contributed by atoms with Crippen molar-refractivity contribution >= 4 is 0 Å². The lowest BCUT2D eigenvalue weighted by molar-refractivity contribution is 0.0367. The highest BCUT2D eigenvalue weighted by Gasteiger charge is 2.38. The van der Waals surface area contributed by atoms with Crippen LogP contribution in [0.25, 0.3) is 0 Å². The second-order valence-corrected chi connectivity index (χ2v) is 5.46. The number of rotatable bonds is 4. The summed E-state index contributed by atoms with van der Waals surface area (Å²) in [5.74, 6) is 2.95. The van der Waals surface area contributed by atoms with E-state index < -0.39 is 0 Å². The highest BCUT2D eigenvalue weighted by molar-refractivity contribution is 4.89. The van der Waals surface area contributed by atoms with E-state index in [1.807, 2.05) is 7.11 Å². The van der Waals surface area contributed by atoms with Crippen molar-refractivity contribution in [1.82, 2.24) is 0 Å². The number of nitrogens with two attached hydrogens (primary N) is 1. The fourth-order valence-corrected chi connectivity index (χ4v) is 3.69. The maximum absolute atomic E-state index is 5.58. The third-order valence-electron chi connectivity index (χ3n) is 4.51. The molecule has 2 saturated carbocycles. The molecule has 15 heavy (non-hydrogen) atoms. The number of methoxy groups -OCH3 is 1. The van der Waals surface area contributed by atoms with Crippen LogP contribution in [0.3, 0.4) is 0 Å². The van der Waals surface area contributed by atoms with Gasteiger partial charge in [-0.15, -0.1) is 0 Å². The standard InChI is InChI=1S/C13H25NO/c1-15-13-5-4-11-7-10(3-2-6-14)8-12(11)9-13/h10-13H,2-9,14H2,1H3. The lowest BCUT2D eigenvalue weighted by atomic mass is 9.80. The Bertz CT molecular complexity index is 195. The second-order valence-electron chi connectivity index (χ2n) is 5.46. The molecule has 4 unspecified atom stereocenters. The summed E-state index contributed by atoms with van der Waals surface area (Å²) in [5, 5.41) is 0. The van der Waals surface area contributed by atoms with E-state index in [-0.39, 0.29) is 0 Å². The van der Waals surface area contributed by atoms with Crippen molar-refractivity contribution in [2.75, 3.05) is 13.7 Å². The quantitative estimate of drug-likeness (QED) is 0.775. The van der Waals surface area contributed by atoms with Gasteiger partial charge in [0, 0.05) is 7.11 Å². The van der Waals surface area contributed by atoms with Crippen molar-refractivity contribution in [3.05, 3.63) is 0 Å². The Balaban J connectivity index is 1.79. The molecular weight excluding hydrogens is 186 g/mol. The summed E-state index contributed by atoms with van der Waals surface area (Å²) < 4.78 is 5.50. The van der Waals surface area contributed by atoms with Gasteiger partial charge in [-0.25, -0.2) is 0 Å². The summed E-state index contributed by atoms with van der Waals surface area (Å²) in [6.07, 6.45) is 10.1. The summed E-state index contributed by atoms with van der Waals surface area (Å²) >= 11 is 0. The van der Waals surface area contributed by atoms with Crippen molar-refractivity contribution in [1.29, 1.82) is 0 Å². The van der Waals surface area contributed by atoms with Crippen LogP contribution in [0.5, 0.6) is 0 Å². The number of hydrogen-bond donors (Lipinski definition) is 1. The minimum Gasteiger partial charge on any atom is -0.381 e. The first-order chi connectivity index (χ1) is 7.33. The highest BCUT2D eigenvalue weighted by atomic mass is 16.5. The van der Waals surface area contributed by atoms with E-state index >= 15 is 0 Å². The summed E-state index contributed by atoms with van der Waals surface area (Å²) in [5.41, 5.74) is 5.58. The Kier molecular flexibility index (Phi) is 4.04. The SMILES string of the molecule is COC1CCC2CC(CCCN)CC2C1. The predicted octanol–water partition coefficient (Wildman–Crippen LogP) is 2.57. The van der Waals surface area contributed by atoms with E-state index in [1.165, 1.54) is 44.9 Å². The van der Waals surface area contributed by atoms with Gasteiger partial charge in [-0.1, -0.05) is 0 Å². The lowest BCUT2D eigenvalue weighted by Gasteiger charge is -2.30. The van der Waals surface area contributed by atoms with Crippen LogP contribution >= 0.6 is 0 Å². The fourth-order valence-electron chi connectivity index (χ4n) is 3.69. The molecule has 0 aromatic heterocycles. The molecule has 0 aliphatic heterocycles. The summed E-state index contributed by atoms with van der Waals surface area (Å²) in [6, 6.07) is 0. The first kappa shape index (κ1) is 11.4. The molecule has 2 nitrogen and oxygen atoms in total. The largest absolute Gasteiger partial charge is 0.381 e. The Morgan fingerprint density at radius 3 is 2.67 bits per heavy atom. The molecule has 0 aromatic rings. The second kappa shape index (κ2) is 5.31. The van der Waals surface area contributed by atoms with Gasteiger partial charge < -0.3 is 10.5 Å². The molecule has 2 aliphatic rings. The number of ether oxygens (including phenoxy) is 1. The van der Waals surface area contributed by atoms with Gasteiger partial charge in [0.25, 0.3) is 0 Å². The van der Waals surface area contributed by atoms with Gasteiger partial charge in [-0.3, -0.25) is 0 Å². The topological polar surface area (TPSA) is 35.2 Å². The van der Waals surface area contributed by atoms with E-state index in [0.717, 1.165) is 24.3 Å². The maximum atomic E-state index is 5.58. The predicted molar refractivity (Wildman–Crippen MR) is 62.6 cm³/mol. The molecule has 0 saturated heterocycles. The molecule has 0 amide bonds. The Morgan fingerprint density at radius 2 is 1.93 bits per heavy atom. The van der Waals surface area contributed by atoms with E-state index in [0.29, 0.717) is 6.10 Å². The van der Waals surface area contributed by atoms with E-state index in [2.05, 4.69) is 0 Å². The monoisotopic (exact) mass is 211 g/mol. The zero-order valence-electron chi connectivity index (χ0n) is 9.95. The van der Waals surface area contributed by atoms with Crippen LogP contribution in [-0.4, -0.2) is 19.8 Å². The normalized spacial score (nSPS) is 40.4. The van der Waals surface area contributed by atoms with Gasteiger partial charge in [0.1, 0.15) is 0 Å². The molecule has 2 rings (SSSR count). The molecule has 2 N–H and O–H groups in total. The van der Waals surface area contributed by atoms with Gasteiger partial charge in [0.2, 0.25) is 0 Å². The van der Waals surface area contributed by atoms with Crippen molar-refractivity contribution in [3.8, 4) is 0 Å². The summed E-state index contributed by atoms with van der Waals surface area (Å²) in [4.78, 5) is 0. The Labute approximate surface area is 93.6 Å². The van der Waals surface area contributed by atoms with Crippen LogP contribution in [-0.2, 0) is 4.74 Å². The molecule has 2 fully saturated rings. The van der Waals surface area contributed by atoms with Crippen LogP contribution in [0, 0.1) is 17.8 Å². The maximum Gasteiger partial charge on any atom is 0.0574 e. The molecule has 0 spiro atoms. The van der Waals surface area contributed by atoms with Gasteiger partial charge in [0.15, 0.2) is 0 Å². The summed E-state index contributed by atoms with van der Waals surface area (Å²) in [7, 11) is 1.87. The van der Waals surface area contributed by atoms with Crippen molar-refractivity contribution in [2.24, 2.45) is 23.5 Å². The van der Waals surface area contributed by atoms with E-state index in [1.54, 1.807) is 0 Å². The highest BCUT2D eigenvalue weighted by Crippen LogP contribution is 2.46. The van der Waals surface area contributed by atoms with Crippen LogP contribution in [0.2, 0.25) is 0 Å². The summed E-state index contributed by atoms with van der Waals surface area (Å²) in [6.45, 7) is 0.868. The lowest BCUT2D eigenvalue weighted by Crippen LogP contribution is -2.25. The van der Waals surface area contributed by atoms with Crippen LogP contribution in [0.15, 0.2) is 0 Å². The van der Waals surface area contributed by atoms with Crippen molar-refractivity contribution in [3.63, 3.8) is 0 Å². The van der Waals surface area contributed by atoms with Gasteiger partial charge in [-0.05, 0) is 69.2 Å². The first-order valence-corrected chi connectivity index (χ1v) is 6.56. The molecule has 4 atom stereocenters. The van der Waals surface area contributed by atoms with Gasteiger partial charge in [-0.2, -0.15) is 0 Å². The van der Waals surface area contributed by atoms with E-state index in [4.69, 9.17) is 10.5 Å². The zero-order valence-corrected chi connectivity index (χ0v) is 9.95. The van der Waals surface area contributed by atoms with Crippen LogP contribution in [0.4, 0.5) is 0 Å². The first-order valence-electron chi connectivity index (χ1n) is 6.56. The van der Waals surface area contributed by atoms with E-state index in [9.17, 15) is 0 Å². The number of fused-ring (bicyclic) bond motifs is 1. The van der Waals surface area contributed by atoms with Crippen molar-refractivity contribution in [2.45, 2.75) is 51.0 Å². The van der Waals surface area contributed by atoms with Crippen LogP contribution < -0.4 is 5.73 Å². The van der Waals surface area contributed by atoms with Crippen LogP contribution in [0.1, 0.15) is 44.9 Å². The van der Waals surface area contributed by atoms with Gasteiger partial charge >= 0.3 is 0 Å². The molecule has 88 valence electrons. The molecular formula is C13H25NO. The van der Waals surface area contributed by atoms with Crippen molar-refractivity contribution < 1.29 is 4.74 Å². The molecule has 0 aromatic carbocycles. The molecule has 2 aliphatic carbocycles. The molecule has 2 heteroatoms. The molecule has 0 heterocycles. The minimum absolute atomic E-state index is 0.555. The Morgan fingerprint density at radius 1 is 1.13 bits per heavy atom. The average molecular weight is 211 g/mol. The third-order valence-corrected chi connectivity index (χ3v) is 4.51. The minimum atomic E-state index is 0.555. The average Bonchev–Trinajstić information content (AvgIpc) is 2.67. The fraction of sp³-hybridized carbons (Fsp3) is 1.00. The number of hydrogen-bond acceptors (Lipinski definition) is 2. The zero-order chi connectivity index (χ0) is 10.7. The smallest absolute Gasteiger partial charge is 0.0574 e. The Hall–Kier alpha value is -0.0800. The molecule has 0 bridgehead atoms. The van der Waals surface area contributed by atoms with Gasteiger partial charge in [0.05, 0.1) is 6.10 Å². The third kappa shape index (κ3) is 2.73.